The normalized spacial score (nSPS) is 12.2. The number of hydrogen-bond acceptors (Lipinski definition) is 3. The SMILES string of the molecule is Cc1nn(C)c(C)c1CN(C)S(=O)(=O)c1c(C)c(C)c(C)c(C)c1C. The van der Waals surface area contributed by atoms with Gasteiger partial charge in [-0.1, -0.05) is 0 Å². The number of aryl methyl sites for hydroxylation is 2. The van der Waals surface area contributed by atoms with Crippen LogP contribution in [0.2, 0.25) is 0 Å². The Morgan fingerprint density at radius 3 is 1.72 bits per heavy atom. The standard InChI is InChI=1S/C19H29N3O2S/c1-11-12(2)14(4)19(15(5)13(11)3)25(23,24)21(8)10-18-16(6)20-22(9)17(18)7/h10H2,1-9H3. The molecule has 1 heterocycles. The first kappa shape index (κ1) is 19.7. The fourth-order valence-corrected chi connectivity index (χ4v) is 5.05. The second kappa shape index (κ2) is 6.57. The fourth-order valence-electron chi connectivity index (χ4n) is 3.36. The van der Waals surface area contributed by atoms with Crippen molar-refractivity contribution in [2.75, 3.05) is 7.05 Å². The van der Waals surface area contributed by atoms with E-state index >= 15 is 0 Å². The monoisotopic (exact) mass is 363 g/mol. The van der Waals surface area contributed by atoms with Gasteiger partial charge in [0.2, 0.25) is 10.0 Å². The molecule has 0 radical (unpaired) electrons. The van der Waals surface area contributed by atoms with Crippen molar-refractivity contribution in [2.45, 2.75) is 59.9 Å². The van der Waals surface area contributed by atoms with Gasteiger partial charge in [0.1, 0.15) is 0 Å². The number of rotatable bonds is 4. The van der Waals surface area contributed by atoms with E-state index in [0.29, 0.717) is 11.4 Å². The van der Waals surface area contributed by atoms with Gasteiger partial charge in [0.15, 0.2) is 0 Å². The van der Waals surface area contributed by atoms with Crippen molar-refractivity contribution in [3.05, 3.63) is 44.8 Å². The van der Waals surface area contributed by atoms with Crippen molar-refractivity contribution < 1.29 is 8.42 Å². The first-order valence-corrected chi connectivity index (χ1v) is 9.87. The van der Waals surface area contributed by atoms with Crippen molar-refractivity contribution >= 4 is 10.0 Å². The Hall–Kier alpha value is -1.66. The zero-order valence-electron chi connectivity index (χ0n) is 16.8. The van der Waals surface area contributed by atoms with E-state index in [1.165, 1.54) is 4.31 Å². The molecule has 0 aliphatic carbocycles. The Kier molecular flexibility index (Phi) is 5.17. The molecule has 0 aliphatic heterocycles. The molecular weight excluding hydrogens is 334 g/mol. The molecule has 0 unspecified atom stereocenters. The van der Waals surface area contributed by atoms with Gasteiger partial charge in [0.05, 0.1) is 10.6 Å². The van der Waals surface area contributed by atoms with E-state index in [-0.39, 0.29) is 0 Å². The fraction of sp³-hybridized carbons (Fsp3) is 0.526. The Morgan fingerprint density at radius 2 is 1.32 bits per heavy atom. The van der Waals surface area contributed by atoms with Gasteiger partial charge < -0.3 is 0 Å². The molecule has 0 N–H and O–H groups in total. The molecule has 0 aliphatic rings. The lowest BCUT2D eigenvalue weighted by atomic mass is 9.95. The summed E-state index contributed by atoms with van der Waals surface area (Å²) in [6.45, 7) is 14.0. The Bertz CT molecular complexity index is 911. The predicted octanol–water partition coefficient (Wildman–Crippen LogP) is 3.40. The van der Waals surface area contributed by atoms with Crippen LogP contribution in [0.4, 0.5) is 0 Å². The summed E-state index contributed by atoms with van der Waals surface area (Å²) in [7, 11) is -0.0685. The smallest absolute Gasteiger partial charge is 0.243 e. The summed E-state index contributed by atoms with van der Waals surface area (Å²) < 4.78 is 29.9. The van der Waals surface area contributed by atoms with E-state index in [1.807, 2.05) is 55.5 Å². The molecule has 25 heavy (non-hydrogen) atoms. The summed E-state index contributed by atoms with van der Waals surface area (Å²) in [6, 6.07) is 0. The molecule has 1 aromatic heterocycles. The van der Waals surface area contributed by atoms with E-state index in [1.54, 1.807) is 11.7 Å². The average molecular weight is 364 g/mol. The molecule has 0 atom stereocenters. The average Bonchev–Trinajstić information content (AvgIpc) is 2.77. The number of benzene rings is 1. The van der Waals surface area contributed by atoms with E-state index in [4.69, 9.17) is 0 Å². The van der Waals surface area contributed by atoms with Crippen LogP contribution in [0.25, 0.3) is 0 Å². The van der Waals surface area contributed by atoms with Crippen LogP contribution >= 0.6 is 0 Å². The minimum Gasteiger partial charge on any atom is -0.272 e. The summed E-state index contributed by atoms with van der Waals surface area (Å²) in [5, 5.41) is 4.39. The van der Waals surface area contributed by atoms with Crippen LogP contribution in [0.5, 0.6) is 0 Å². The lowest BCUT2D eigenvalue weighted by Crippen LogP contribution is -2.29. The van der Waals surface area contributed by atoms with E-state index in [2.05, 4.69) is 5.10 Å². The Balaban J connectivity index is 2.56. The molecule has 2 aromatic rings. The number of hydrogen-bond donors (Lipinski definition) is 0. The highest BCUT2D eigenvalue weighted by Crippen LogP contribution is 2.32. The molecule has 0 saturated heterocycles. The summed E-state index contributed by atoms with van der Waals surface area (Å²) in [5.41, 5.74) is 7.75. The van der Waals surface area contributed by atoms with Crippen LogP contribution in [-0.4, -0.2) is 29.6 Å². The summed E-state index contributed by atoms with van der Waals surface area (Å²) in [4.78, 5) is 0.440. The second-order valence-corrected chi connectivity index (χ2v) is 8.97. The maximum atomic E-state index is 13.3. The van der Waals surface area contributed by atoms with Crippen LogP contribution in [0, 0.1) is 48.5 Å². The van der Waals surface area contributed by atoms with E-state index < -0.39 is 10.0 Å². The highest BCUT2D eigenvalue weighted by atomic mass is 32.2. The molecule has 0 bridgehead atoms. The molecule has 0 fully saturated rings. The molecule has 5 nitrogen and oxygen atoms in total. The maximum absolute atomic E-state index is 13.3. The second-order valence-electron chi connectivity index (χ2n) is 6.99. The van der Waals surface area contributed by atoms with Crippen molar-refractivity contribution in [2.24, 2.45) is 7.05 Å². The van der Waals surface area contributed by atoms with E-state index in [9.17, 15) is 8.42 Å². The van der Waals surface area contributed by atoms with Crippen molar-refractivity contribution in [3.63, 3.8) is 0 Å². The van der Waals surface area contributed by atoms with Gasteiger partial charge in [-0.2, -0.15) is 9.40 Å². The molecule has 0 amide bonds. The van der Waals surface area contributed by atoms with Gasteiger partial charge in [-0.3, -0.25) is 4.68 Å². The molecule has 1 aromatic carbocycles. The van der Waals surface area contributed by atoms with Crippen molar-refractivity contribution in [1.29, 1.82) is 0 Å². The molecule has 0 spiro atoms. The van der Waals surface area contributed by atoms with Crippen LogP contribution in [0.1, 0.15) is 44.8 Å². The number of aromatic nitrogens is 2. The minimum atomic E-state index is -3.59. The molecule has 2 rings (SSSR count). The third kappa shape index (κ3) is 3.13. The number of nitrogens with zero attached hydrogens (tertiary/aromatic N) is 3. The highest BCUT2D eigenvalue weighted by molar-refractivity contribution is 7.89. The third-order valence-corrected chi connectivity index (χ3v) is 7.72. The van der Waals surface area contributed by atoms with Crippen LogP contribution < -0.4 is 0 Å². The van der Waals surface area contributed by atoms with Gasteiger partial charge >= 0.3 is 0 Å². The van der Waals surface area contributed by atoms with Crippen molar-refractivity contribution in [3.8, 4) is 0 Å². The van der Waals surface area contributed by atoms with Gasteiger partial charge in [-0.05, 0) is 76.3 Å². The topological polar surface area (TPSA) is 55.2 Å². The third-order valence-electron chi connectivity index (χ3n) is 5.64. The zero-order valence-corrected chi connectivity index (χ0v) is 17.6. The highest BCUT2D eigenvalue weighted by Gasteiger charge is 2.28. The molecular formula is C19H29N3O2S. The molecule has 138 valence electrons. The lowest BCUT2D eigenvalue weighted by molar-refractivity contribution is 0.464. The quantitative estimate of drug-likeness (QED) is 0.836. The summed E-state index contributed by atoms with van der Waals surface area (Å²) >= 11 is 0. The first-order valence-electron chi connectivity index (χ1n) is 8.43. The van der Waals surface area contributed by atoms with Gasteiger partial charge in [-0.25, -0.2) is 8.42 Å². The predicted molar refractivity (Wildman–Crippen MR) is 101 cm³/mol. The van der Waals surface area contributed by atoms with Gasteiger partial charge in [0.25, 0.3) is 0 Å². The summed E-state index contributed by atoms with van der Waals surface area (Å²) in [6.07, 6.45) is 0. The lowest BCUT2D eigenvalue weighted by Gasteiger charge is -2.23. The Morgan fingerprint density at radius 1 is 0.880 bits per heavy atom. The van der Waals surface area contributed by atoms with E-state index in [0.717, 1.165) is 44.8 Å². The van der Waals surface area contributed by atoms with Gasteiger partial charge in [-0.15, -0.1) is 0 Å². The van der Waals surface area contributed by atoms with Crippen LogP contribution in [0.3, 0.4) is 0 Å². The van der Waals surface area contributed by atoms with Crippen molar-refractivity contribution in [1.82, 2.24) is 14.1 Å². The minimum absolute atomic E-state index is 0.318. The number of sulfonamides is 1. The van der Waals surface area contributed by atoms with Crippen LogP contribution in [0.15, 0.2) is 4.90 Å². The largest absolute Gasteiger partial charge is 0.272 e. The molecule has 6 heteroatoms. The van der Waals surface area contributed by atoms with Crippen LogP contribution in [-0.2, 0) is 23.6 Å². The maximum Gasteiger partial charge on any atom is 0.243 e. The first-order chi connectivity index (χ1) is 11.4. The zero-order chi connectivity index (χ0) is 19.3. The van der Waals surface area contributed by atoms with Gasteiger partial charge in [0, 0.05) is 31.9 Å². The molecule has 0 saturated carbocycles. The Labute approximate surface area is 151 Å². The summed E-state index contributed by atoms with van der Waals surface area (Å²) in [5.74, 6) is 0.